The van der Waals surface area contributed by atoms with Gasteiger partial charge in [0.05, 0.1) is 22.7 Å². The minimum absolute atomic E-state index is 0.131. The summed E-state index contributed by atoms with van der Waals surface area (Å²) in [5.41, 5.74) is 13.9. The van der Waals surface area contributed by atoms with Crippen molar-refractivity contribution in [2.24, 2.45) is 0 Å². The van der Waals surface area contributed by atoms with Crippen LogP contribution >= 0.6 is 0 Å². The molecule has 0 saturated carbocycles. The lowest BCUT2D eigenvalue weighted by molar-refractivity contribution is 0.259. The second-order valence-electron chi connectivity index (χ2n) is 18.1. The molecular weight excluding hydrogens is 837 g/mol. The molecular formula is C62H40N2O4. The maximum Gasteiger partial charge on any atom is 0.151 e. The molecule has 0 bridgehead atoms. The number of benzene rings is 9. The van der Waals surface area contributed by atoms with E-state index >= 15 is 0 Å². The van der Waals surface area contributed by atoms with Crippen LogP contribution in [0.3, 0.4) is 0 Å². The van der Waals surface area contributed by atoms with Gasteiger partial charge >= 0.3 is 0 Å². The number of furan rings is 1. The maximum absolute atomic E-state index is 7.04. The lowest BCUT2D eigenvalue weighted by atomic mass is 9.77. The number of hydrogen-bond acceptors (Lipinski definition) is 6. The molecule has 0 radical (unpaired) electrons. The third-order valence-electron chi connectivity index (χ3n) is 14.5. The standard InChI is InChI=1S/C62H40N2O4/c1-7-25-53-39(15-1)43-17-13-19-45(61(43)67-53)59-41-33-31-38(64-51-23-5-11-29-57(51)66-58-30-12-6-24-52(58)64)36-48(41)60(46-20-14-18-44-40-16-2-8-26-54(40)68-62(44)46)42-34-32-37(35-47(42)59)63-49-21-3-9-27-55(49)65-56-28-10-4-22-50(56)63/h1,3-15,17-36,45,61H,2,16H2. The van der Waals surface area contributed by atoms with Gasteiger partial charge in [0, 0.05) is 50.5 Å². The van der Waals surface area contributed by atoms with Crippen molar-refractivity contribution in [2.75, 3.05) is 9.80 Å². The van der Waals surface area contributed by atoms with Crippen molar-refractivity contribution in [3.63, 3.8) is 0 Å². The Labute approximate surface area is 392 Å². The molecule has 0 fully saturated rings. The van der Waals surface area contributed by atoms with Gasteiger partial charge in [0.15, 0.2) is 23.0 Å². The minimum atomic E-state index is -0.229. The first-order valence-corrected chi connectivity index (χ1v) is 23.4. The van der Waals surface area contributed by atoms with E-state index in [2.05, 4.69) is 168 Å². The fourth-order valence-corrected chi connectivity index (χ4v) is 11.6. The topological polar surface area (TPSA) is 47.3 Å². The van der Waals surface area contributed by atoms with Crippen molar-refractivity contribution in [3.05, 3.63) is 223 Å². The highest BCUT2D eigenvalue weighted by Crippen LogP contribution is 2.56. The Morgan fingerprint density at radius 2 is 1.06 bits per heavy atom. The minimum Gasteiger partial charge on any atom is -0.484 e. The molecule has 1 aromatic heterocycles. The number of aryl methyl sites for hydroxylation is 1. The highest BCUT2D eigenvalue weighted by atomic mass is 16.5. The van der Waals surface area contributed by atoms with Gasteiger partial charge in [-0.15, -0.1) is 0 Å². The summed E-state index contributed by atoms with van der Waals surface area (Å²) in [5, 5.41) is 5.71. The zero-order chi connectivity index (χ0) is 44.5. The number of hydrogen-bond donors (Lipinski definition) is 0. The van der Waals surface area contributed by atoms with Gasteiger partial charge in [0.2, 0.25) is 0 Å². The molecule has 3 aliphatic heterocycles. The number of para-hydroxylation sites is 10. The summed E-state index contributed by atoms with van der Waals surface area (Å²) in [6, 6.07) is 62.4. The van der Waals surface area contributed by atoms with Gasteiger partial charge in [0.1, 0.15) is 23.2 Å². The number of fused-ring (bicyclic) bond motifs is 12. The smallest absolute Gasteiger partial charge is 0.151 e. The van der Waals surface area contributed by atoms with Gasteiger partial charge in [-0.05, 0) is 125 Å². The van der Waals surface area contributed by atoms with Crippen LogP contribution in [0.4, 0.5) is 34.1 Å². The summed E-state index contributed by atoms with van der Waals surface area (Å²) in [5.74, 6) is 4.99. The van der Waals surface area contributed by atoms with E-state index in [4.69, 9.17) is 18.6 Å². The molecule has 0 saturated heterocycles. The van der Waals surface area contributed by atoms with E-state index in [1.807, 2.05) is 48.5 Å². The van der Waals surface area contributed by atoms with Gasteiger partial charge in [-0.1, -0.05) is 121 Å². The van der Waals surface area contributed by atoms with E-state index in [0.29, 0.717) is 0 Å². The van der Waals surface area contributed by atoms with E-state index < -0.39 is 0 Å². The zero-order valence-electron chi connectivity index (χ0n) is 36.7. The first-order valence-electron chi connectivity index (χ1n) is 23.4. The Hall–Kier alpha value is -8.74. The van der Waals surface area contributed by atoms with Crippen LogP contribution < -0.4 is 24.0 Å². The van der Waals surface area contributed by atoms with Crippen LogP contribution in [-0.2, 0) is 6.42 Å². The monoisotopic (exact) mass is 876 g/mol. The highest BCUT2D eigenvalue weighted by molar-refractivity contribution is 6.20. The Morgan fingerprint density at radius 1 is 0.485 bits per heavy atom. The summed E-state index contributed by atoms with van der Waals surface area (Å²) in [7, 11) is 0. The summed E-state index contributed by atoms with van der Waals surface area (Å²) in [4.78, 5) is 4.68. The van der Waals surface area contributed by atoms with E-state index in [-0.39, 0.29) is 12.0 Å². The van der Waals surface area contributed by atoms with Crippen molar-refractivity contribution in [3.8, 4) is 39.9 Å². The third kappa shape index (κ3) is 5.40. The molecule has 6 nitrogen and oxygen atoms in total. The average Bonchev–Trinajstić information content (AvgIpc) is 3.98. The number of rotatable bonds is 4. The van der Waals surface area contributed by atoms with Gasteiger partial charge < -0.3 is 28.4 Å². The number of ether oxygens (including phenoxy) is 3. The van der Waals surface area contributed by atoms with Crippen LogP contribution in [0, 0.1) is 0 Å². The molecule has 6 heteroatoms. The van der Waals surface area contributed by atoms with Crippen molar-refractivity contribution >= 4 is 78.3 Å². The largest absolute Gasteiger partial charge is 0.484 e. The Balaban J connectivity index is 1.06. The molecule has 68 heavy (non-hydrogen) atoms. The molecule has 322 valence electrons. The summed E-state index contributed by atoms with van der Waals surface area (Å²) in [6.45, 7) is 0. The molecule has 0 spiro atoms. The Kier molecular flexibility index (Phi) is 7.92. The maximum atomic E-state index is 7.04. The molecule has 9 aromatic carbocycles. The van der Waals surface area contributed by atoms with Crippen LogP contribution in [0.25, 0.3) is 55.3 Å². The van der Waals surface area contributed by atoms with Crippen LogP contribution in [0.1, 0.15) is 34.8 Å². The quantitative estimate of drug-likeness (QED) is 0.164. The van der Waals surface area contributed by atoms with Gasteiger partial charge in [-0.25, -0.2) is 0 Å². The molecule has 0 N–H and O–H groups in total. The van der Waals surface area contributed by atoms with Crippen molar-refractivity contribution < 1.29 is 18.6 Å². The normalized spacial score (nSPS) is 17.0. The second-order valence-corrected chi connectivity index (χ2v) is 18.1. The Bertz CT molecular complexity index is 3800. The molecule has 0 amide bonds. The van der Waals surface area contributed by atoms with E-state index in [1.54, 1.807) is 0 Å². The average molecular weight is 877 g/mol. The molecule has 15 rings (SSSR count). The van der Waals surface area contributed by atoms with Gasteiger partial charge in [-0.2, -0.15) is 0 Å². The van der Waals surface area contributed by atoms with Crippen LogP contribution in [0.2, 0.25) is 0 Å². The third-order valence-corrected chi connectivity index (χ3v) is 14.5. The summed E-state index contributed by atoms with van der Waals surface area (Å²) >= 11 is 0. The fourth-order valence-electron chi connectivity index (χ4n) is 11.6. The van der Waals surface area contributed by atoms with Crippen LogP contribution in [0.15, 0.2) is 205 Å². The molecule has 10 aromatic rings. The fraction of sp³-hybridized carbons (Fsp3) is 0.0645. The Morgan fingerprint density at radius 3 is 1.72 bits per heavy atom. The number of anilines is 6. The van der Waals surface area contributed by atoms with Crippen molar-refractivity contribution in [1.29, 1.82) is 0 Å². The molecule has 5 aliphatic rings. The van der Waals surface area contributed by atoms with Gasteiger partial charge in [-0.3, -0.25) is 0 Å². The lowest BCUT2D eigenvalue weighted by Crippen LogP contribution is -2.23. The molecule has 2 atom stereocenters. The summed E-state index contributed by atoms with van der Waals surface area (Å²) in [6.07, 6.45) is 12.9. The molecule has 2 unspecified atom stereocenters. The van der Waals surface area contributed by atoms with E-state index in [1.165, 1.54) is 22.1 Å². The number of allylic oxidation sites excluding steroid dienone is 3. The van der Waals surface area contributed by atoms with Crippen LogP contribution in [0.5, 0.6) is 28.7 Å². The highest BCUT2D eigenvalue weighted by Gasteiger charge is 2.39. The predicted molar refractivity (Wildman–Crippen MR) is 274 cm³/mol. The second kappa shape index (κ2) is 14.4. The zero-order valence-corrected chi connectivity index (χ0v) is 36.7. The summed E-state index contributed by atoms with van der Waals surface area (Å²) < 4.78 is 27.1. The van der Waals surface area contributed by atoms with Crippen molar-refractivity contribution in [2.45, 2.75) is 24.9 Å². The molecule has 2 aliphatic carbocycles. The van der Waals surface area contributed by atoms with E-state index in [9.17, 15) is 0 Å². The van der Waals surface area contributed by atoms with E-state index in [0.717, 1.165) is 125 Å². The number of nitrogens with zero attached hydrogens (tertiary/aromatic N) is 2. The van der Waals surface area contributed by atoms with Crippen LogP contribution in [-0.4, -0.2) is 6.10 Å². The predicted octanol–water partition coefficient (Wildman–Crippen LogP) is 17.0. The van der Waals surface area contributed by atoms with Gasteiger partial charge in [0.25, 0.3) is 0 Å². The first-order chi connectivity index (χ1) is 33.7. The molecule has 4 heterocycles. The lowest BCUT2D eigenvalue weighted by Gasteiger charge is -2.34. The van der Waals surface area contributed by atoms with Crippen molar-refractivity contribution in [1.82, 2.24) is 0 Å². The first kappa shape index (κ1) is 37.5. The SMILES string of the molecule is C1=CC(c2c3ccc(N4c5ccccc5Oc5ccccc54)cc3c(-c3cccc4c5c(oc34)C=CCC5)c3ccc(N4c5ccccc5Oc5ccccc54)cc23)C2Oc3ccccc3C2=C1.